The summed E-state index contributed by atoms with van der Waals surface area (Å²) in [6.07, 6.45) is 2.06. The quantitative estimate of drug-likeness (QED) is 0.706. The van der Waals surface area contributed by atoms with E-state index in [0.717, 1.165) is 25.2 Å². The lowest BCUT2D eigenvalue weighted by atomic mass is 9.95. The summed E-state index contributed by atoms with van der Waals surface area (Å²) in [5.41, 5.74) is 2.62. The van der Waals surface area contributed by atoms with E-state index in [9.17, 15) is 0 Å². The zero-order valence-electron chi connectivity index (χ0n) is 10.0. The van der Waals surface area contributed by atoms with Crippen LogP contribution in [0.3, 0.4) is 0 Å². The van der Waals surface area contributed by atoms with Crippen molar-refractivity contribution in [2.45, 2.75) is 39.5 Å². The molecule has 0 aromatic heterocycles. The molecule has 0 N–H and O–H groups in total. The third-order valence-corrected chi connectivity index (χ3v) is 2.52. The van der Waals surface area contributed by atoms with Crippen LogP contribution < -0.4 is 4.74 Å². The van der Waals surface area contributed by atoms with E-state index in [0.29, 0.717) is 5.92 Å². The molecule has 1 atom stereocenters. The lowest BCUT2D eigenvalue weighted by Crippen LogP contribution is -2.02. The van der Waals surface area contributed by atoms with Gasteiger partial charge in [-0.15, -0.1) is 0 Å². The molecule has 0 saturated carbocycles. The molecule has 83 valence electrons. The van der Waals surface area contributed by atoms with E-state index in [2.05, 4.69) is 45.9 Å². The molecule has 0 amide bonds. The molecule has 0 heterocycles. The highest BCUT2D eigenvalue weighted by Crippen LogP contribution is 2.28. The first-order chi connectivity index (χ1) is 7.20. The third-order valence-electron chi connectivity index (χ3n) is 2.52. The summed E-state index contributed by atoms with van der Waals surface area (Å²) >= 11 is 0. The molecule has 1 aromatic carbocycles. The SMILES string of the molecule is [CH2]C(C)c1cccc(OCCC)c1CC. The first kappa shape index (κ1) is 12.1. The molecule has 1 unspecified atom stereocenters. The van der Waals surface area contributed by atoms with E-state index < -0.39 is 0 Å². The maximum Gasteiger partial charge on any atom is 0.122 e. The van der Waals surface area contributed by atoms with Gasteiger partial charge in [-0.1, -0.05) is 32.9 Å². The minimum atomic E-state index is 0.324. The smallest absolute Gasteiger partial charge is 0.122 e. The molecule has 1 rings (SSSR count). The van der Waals surface area contributed by atoms with Crippen LogP contribution in [0.25, 0.3) is 0 Å². The van der Waals surface area contributed by atoms with E-state index in [1.54, 1.807) is 0 Å². The van der Waals surface area contributed by atoms with Crippen LogP contribution in [0.4, 0.5) is 0 Å². The van der Waals surface area contributed by atoms with Gasteiger partial charge in [-0.3, -0.25) is 0 Å². The summed E-state index contributed by atoms with van der Waals surface area (Å²) in [7, 11) is 0. The topological polar surface area (TPSA) is 9.23 Å². The highest BCUT2D eigenvalue weighted by Gasteiger charge is 2.09. The fourth-order valence-corrected chi connectivity index (χ4v) is 1.77. The lowest BCUT2D eigenvalue weighted by molar-refractivity contribution is 0.314. The van der Waals surface area contributed by atoms with Crippen molar-refractivity contribution in [3.8, 4) is 5.75 Å². The summed E-state index contributed by atoms with van der Waals surface area (Å²) in [6.45, 7) is 11.3. The predicted octanol–water partition coefficient (Wildman–Crippen LogP) is 3.98. The van der Waals surface area contributed by atoms with Crippen molar-refractivity contribution in [3.05, 3.63) is 36.2 Å². The molecule has 1 aromatic rings. The molecule has 0 fully saturated rings. The van der Waals surface area contributed by atoms with Crippen molar-refractivity contribution < 1.29 is 4.74 Å². The Morgan fingerprint density at radius 2 is 2.07 bits per heavy atom. The van der Waals surface area contributed by atoms with Crippen LogP contribution in [0.15, 0.2) is 18.2 Å². The van der Waals surface area contributed by atoms with Crippen LogP contribution >= 0.6 is 0 Å². The van der Waals surface area contributed by atoms with E-state index in [-0.39, 0.29) is 0 Å². The number of benzene rings is 1. The molecule has 1 nitrogen and oxygen atoms in total. The van der Waals surface area contributed by atoms with Gasteiger partial charge < -0.3 is 4.74 Å². The van der Waals surface area contributed by atoms with Crippen LogP contribution in [-0.4, -0.2) is 6.61 Å². The molecule has 0 saturated heterocycles. The number of hydrogen-bond donors (Lipinski definition) is 0. The van der Waals surface area contributed by atoms with Crippen LogP contribution in [-0.2, 0) is 6.42 Å². The third kappa shape index (κ3) is 2.98. The highest BCUT2D eigenvalue weighted by atomic mass is 16.5. The van der Waals surface area contributed by atoms with Crippen LogP contribution in [0.1, 0.15) is 44.2 Å². The van der Waals surface area contributed by atoms with Crippen molar-refractivity contribution in [1.29, 1.82) is 0 Å². The average Bonchev–Trinajstić information content (AvgIpc) is 2.25. The molecule has 0 aliphatic rings. The van der Waals surface area contributed by atoms with Gasteiger partial charge >= 0.3 is 0 Å². The zero-order chi connectivity index (χ0) is 11.3. The maximum atomic E-state index is 5.74. The molecule has 0 bridgehead atoms. The van der Waals surface area contributed by atoms with Gasteiger partial charge in [-0.2, -0.15) is 0 Å². The minimum absolute atomic E-state index is 0.324. The summed E-state index contributed by atoms with van der Waals surface area (Å²) in [5.74, 6) is 1.36. The summed E-state index contributed by atoms with van der Waals surface area (Å²) < 4.78 is 5.74. The van der Waals surface area contributed by atoms with Gasteiger partial charge in [-0.25, -0.2) is 0 Å². The van der Waals surface area contributed by atoms with Gasteiger partial charge in [0.1, 0.15) is 5.75 Å². The second-order valence-electron chi connectivity index (χ2n) is 3.93. The normalized spacial score (nSPS) is 10.7. The van der Waals surface area contributed by atoms with Crippen molar-refractivity contribution in [2.24, 2.45) is 0 Å². The molecule has 15 heavy (non-hydrogen) atoms. The Morgan fingerprint density at radius 3 is 2.60 bits per heavy atom. The van der Waals surface area contributed by atoms with E-state index >= 15 is 0 Å². The molecule has 1 radical (unpaired) electrons. The maximum absolute atomic E-state index is 5.74. The Bertz CT molecular complexity index is 302. The summed E-state index contributed by atoms with van der Waals surface area (Å²) in [5, 5.41) is 0. The molecular formula is C14H21O. The Balaban J connectivity index is 2.99. The van der Waals surface area contributed by atoms with E-state index in [1.165, 1.54) is 11.1 Å². The molecule has 1 heteroatoms. The van der Waals surface area contributed by atoms with Gasteiger partial charge in [0, 0.05) is 0 Å². The van der Waals surface area contributed by atoms with Crippen LogP contribution in [0, 0.1) is 6.92 Å². The van der Waals surface area contributed by atoms with Crippen LogP contribution in [0.2, 0.25) is 0 Å². The standard InChI is InChI=1S/C14H21O/c1-5-10-15-14-9-7-8-13(11(3)4)12(14)6-2/h7-9,11H,3,5-6,10H2,1-2,4H3. The average molecular weight is 205 g/mol. The molecule has 0 aliphatic carbocycles. The van der Waals surface area contributed by atoms with Crippen molar-refractivity contribution in [2.75, 3.05) is 6.61 Å². The summed E-state index contributed by atoms with van der Waals surface area (Å²) in [6, 6.07) is 6.26. The van der Waals surface area contributed by atoms with Gasteiger partial charge in [0.25, 0.3) is 0 Å². The Hall–Kier alpha value is -0.980. The number of hydrogen-bond acceptors (Lipinski definition) is 1. The Labute approximate surface area is 93.5 Å². The molecule has 0 aliphatic heterocycles. The number of rotatable bonds is 5. The van der Waals surface area contributed by atoms with E-state index in [1.807, 2.05) is 0 Å². The van der Waals surface area contributed by atoms with Gasteiger partial charge in [-0.05, 0) is 42.9 Å². The first-order valence-electron chi connectivity index (χ1n) is 5.78. The fraction of sp³-hybridized carbons (Fsp3) is 0.500. The fourth-order valence-electron chi connectivity index (χ4n) is 1.77. The Kier molecular flexibility index (Phi) is 4.67. The van der Waals surface area contributed by atoms with Crippen molar-refractivity contribution in [1.82, 2.24) is 0 Å². The zero-order valence-corrected chi connectivity index (χ0v) is 10.0. The second-order valence-corrected chi connectivity index (χ2v) is 3.93. The second kappa shape index (κ2) is 5.79. The van der Waals surface area contributed by atoms with Gasteiger partial charge in [0.05, 0.1) is 6.61 Å². The van der Waals surface area contributed by atoms with Crippen molar-refractivity contribution in [3.63, 3.8) is 0 Å². The first-order valence-corrected chi connectivity index (χ1v) is 5.78. The molecule has 0 spiro atoms. The Morgan fingerprint density at radius 1 is 1.33 bits per heavy atom. The monoisotopic (exact) mass is 205 g/mol. The van der Waals surface area contributed by atoms with Crippen LogP contribution in [0.5, 0.6) is 5.75 Å². The van der Waals surface area contributed by atoms with Gasteiger partial charge in [0.15, 0.2) is 0 Å². The minimum Gasteiger partial charge on any atom is -0.493 e. The summed E-state index contributed by atoms with van der Waals surface area (Å²) in [4.78, 5) is 0. The predicted molar refractivity (Wildman–Crippen MR) is 65.4 cm³/mol. The highest BCUT2D eigenvalue weighted by molar-refractivity contribution is 5.42. The largest absolute Gasteiger partial charge is 0.493 e. The van der Waals surface area contributed by atoms with Gasteiger partial charge in [0.2, 0.25) is 0 Å². The van der Waals surface area contributed by atoms with Crippen molar-refractivity contribution >= 4 is 0 Å². The lowest BCUT2D eigenvalue weighted by Gasteiger charge is -2.16. The molecular weight excluding hydrogens is 184 g/mol. The van der Waals surface area contributed by atoms with E-state index in [4.69, 9.17) is 4.74 Å². The number of ether oxygens (including phenoxy) is 1.